The number of hydrogen-bond acceptors (Lipinski definition) is 5. The number of halogens is 1. The molecule has 3 aromatic rings. The lowest BCUT2D eigenvalue weighted by atomic mass is 9.83. The zero-order chi connectivity index (χ0) is 25.3. The average Bonchev–Trinajstić information content (AvgIpc) is 2.89. The summed E-state index contributed by atoms with van der Waals surface area (Å²) in [5.74, 6) is 0.817. The van der Waals surface area contributed by atoms with Crippen LogP contribution in [-0.2, 0) is 4.79 Å². The van der Waals surface area contributed by atoms with E-state index in [4.69, 9.17) is 10.7 Å². The van der Waals surface area contributed by atoms with Gasteiger partial charge < -0.3 is 16.0 Å². The van der Waals surface area contributed by atoms with Crippen LogP contribution in [0.3, 0.4) is 0 Å². The molecular formula is C29H32FN5O. The zero-order valence-corrected chi connectivity index (χ0v) is 20.7. The fraction of sp³-hybridized carbons (Fsp3) is 0.345. The maximum Gasteiger partial charge on any atom is 0.259 e. The second kappa shape index (κ2) is 9.82. The van der Waals surface area contributed by atoms with Crippen LogP contribution >= 0.6 is 0 Å². The highest BCUT2D eigenvalue weighted by molar-refractivity contribution is 5.90. The van der Waals surface area contributed by atoms with Gasteiger partial charge in [-0.2, -0.15) is 0 Å². The van der Waals surface area contributed by atoms with Crippen molar-refractivity contribution in [2.24, 2.45) is 11.7 Å². The third-order valence-corrected chi connectivity index (χ3v) is 7.58. The molecule has 186 valence electrons. The fourth-order valence-electron chi connectivity index (χ4n) is 5.12. The van der Waals surface area contributed by atoms with E-state index in [1.54, 1.807) is 6.08 Å². The Hall–Kier alpha value is -3.58. The molecule has 1 amide bonds. The first-order valence-corrected chi connectivity index (χ1v) is 12.5. The van der Waals surface area contributed by atoms with Gasteiger partial charge >= 0.3 is 0 Å². The number of allylic oxidation sites excluding steroid dienone is 3. The Morgan fingerprint density at radius 2 is 1.94 bits per heavy atom. The van der Waals surface area contributed by atoms with Crippen molar-refractivity contribution in [2.75, 3.05) is 25.5 Å². The first-order valence-electron chi connectivity index (χ1n) is 12.5. The van der Waals surface area contributed by atoms with Gasteiger partial charge in [-0.1, -0.05) is 31.2 Å². The molecule has 36 heavy (non-hydrogen) atoms. The van der Waals surface area contributed by atoms with Crippen molar-refractivity contribution in [2.45, 2.75) is 37.8 Å². The normalized spacial score (nSPS) is 21.8. The van der Waals surface area contributed by atoms with E-state index < -0.39 is 11.6 Å². The molecule has 1 aliphatic heterocycles. The minimum absolute atomic E-state index is 0.0676. The lowest BCUT2D eigenvalue weighted by molar-refractivity contribution is -0.126. The summed E-state index contributed by atoms with van der Waals surface area (Å²) in [7, 11) is 2.19. The number of nitrogens with one attached hydrogen (secondary N) is 1. The van der Waals surface area contributed by atoms with Gasteiger partial charge in [-0.25, -0.2) is 9.37 Å². The molecular weight excluding hydrogens is 453 g/mol. The van der Waals surface area contributed by atoms with E-state index in [2.05, 4.69) is 41.3 Å². The van der Waals surface area contributed by atoms with E-state index in [0.29, 0.717) is 17.7 Å². The molecule has 1 fully saturated rings. The highest BCUT2D eigenvalue weighted by atomic mass is 19.1. The Kier molecular flexibility index (Phi) is 6.58. The van der Waals surface area contributed by atoms with Gasteiger partial charge in [0.05, 0.1) is 5.52 Å². The molecule has 0 saturated carbocycles. The minimum atomic E-state index is -2.15. The predicted molar refractivity (Wildman–Crippen MR) is 143 cm³/mol. The van der Waals surface area contributed by atoms with Crippen LogP contribution in [0.2, 0.25) is 0 Å². The predicted octanol–water partition coefficient (Wildman–Crippen LogP) is 5.36. The van der Waals surface area contributed by atoms with Gasteiger partial charge in [0.15, 0.2) is 0 Å². The maximum atomic E-state index is 14.7. The molecule has 6 nitrogen and oxygen atoms in total. The van der Waals surface area contributed by atoms with Gasteiger partial charge in [0, 0.05) is 41.4 Å². The Balaban J connectivity index is 1.30. The summed E-state index contributed by atoms with van der Waals surface area (Å²) in [6, 6.07) is 13.8. The number of primary amides is 1. The molecule has 3 N–H and O–H groups in total. The smallest absolute Gasteiger partial charge is 0.259 e. The standard InChI is InChI=1S/C29H32FN5O/c1-19(20-11-14-35(2)15-12-20)25-10-7-23-18-32-27(16-26(23)34-25)33-24-8-5-21(6-9-24)22-4-3-13-29(30,17-22)28(31)36/h3-10,13,16,18-20H,11-12,14-15,17H2,1-2H3,(H2,31,36)(H,32,33). The van der Waals surface area contributed by atoms with E-state index in [-0.39, 0.29) is 6.42 Å². The summed E-state index contributed by atoms with van der Waals surface area (Å²) in [5, 5.41) is 4.35. The van der Waals surface area contributed by atoms with Crippen LogP contribution < -0.4 is 11.1 Å². The molecule has 7 heteroatoms. The number of nitrogens with zero attached hydrogens (tertiary/aromatic N) is 3. The average molecular weight is 486 g/mol. The summed E-state index contributed by atoms with van der Waals surface area (Å²) in [4.78, 5) is 23.4. The molecule has 2 aliphatic rings. The number of benzene rings is 1. The molecule has 2 aromatic heterocycles. The number of nitrogens with two attached hydrogens (primary N) is 1. The maximum absolute atomic E-state index is 14.7. The Morgan fingerprint density at radius 3 is 2.67 bits per heavy atom. The lowest BCUT2D eigenvalue weighted by Gasteiger charge is -2.32. The molecule has 0 bridgehead atoms. The van der Waals surface area contributed by atoms with Gasteiger partial charge in [0.25, 0.3) is 5.91 Å². The summed E-state index contributed by atoms with van der Waals surface area (Å²) in [6.07, 6.45) is 8.76. The third kappa shape index (κ3) is 5.02. The van der Waals surface area contributed by atoms with Crippen LogP contribution in [0.4, 0.5) is 15.9 Å². The first kappa shape index (κ1) is 24.1. The number of alkyl halides is 1. The van der Waals surface area contributed by atoms with Crippen LogP contribution in [0.25, 0.3) is 16.5 Å². The monoisotopic (exact) mass is 485 g/mol. The van der Waals surface area contributed by atoms with Crippen molar-refractivity contribution >= 4 is 33.9 Å². The summed E-state index contributed by atoms with van der Waals surface area (Å²) in [6.45, 7) is 4.58. The quantitative estimate of drug-likeness (QED) is 0.491. The van der Waals surface area contributed by atoms with E-state index in [1.165, 1.54) is 18.9 Å². The largest absolute Gasteiger partial charge is 0.367 e. The van der Waals surface area contributed by atoms with Crippen LogP contribution in [0, 0.1) is 5.92 Å². The molecule has 3 heterocycles. The van der Waals surface area contributed by atoms with E-state index in [0.717, 1.165) is 46.5 Å². The van der Waals surface area contributed by atoms with Crippen LogP contribution in [-0.4, -0.2) is 46.6 Å². The number of aromatic nitrogens is 2. The van der Waals surface area contributed by atoms with Crippen LogP contribution in [0.5, 0.6) is 0 Å². The van der Waals surface area contributed by atoms with Gasteiger partial charge in [0.1, 0.15) is 5.82 Å². The van der Waals surface area contributed by atoms with Gasteiger partial charge in [-0.05, 0) is 80.4 Å². The number of pyridine rings is 2. The zero-order valence-electron chi connectivity index (χ0n) is 20.7. The summed E-state index contributed by atoms with van der Waals surface area (Å²) < 4.78 is 14.7. The van der Waals surface area contributed by atoms with E-state index in [1.807, 2.05) is 42.6 Å². The van der Waals surface area contributed by atoms with Crippen LogP contribution in [0.1, 0.15) is 43.4 Å². The number of hydrogen-bond donors (Lipinski definition) is 2. The highest BCUT2D eigenvalue weighted by Gasteiger charge is 2.36. The number of rotatable bonds is 6. The number of anilines is 2. The third-order valence-electron chi connectivity index (χ3n) is 7.58. The Bertz CT molecular complexity index is 1330. The molecule has 5 rings (SSSR count). The van der Waals surface area contributed by atoms with E-state index in [9.17, 15) is 9.18 Å². The van der Waals surface area contributed by atoms with Crippen LogP contribution in [0.15, 0.2) is 66.9 Å². The minimum Gasteiger partial charge on any atom is -0.367 e. The Labute approximate surface area is 211 Å². The molecule has 2 unspecified atom stereocenters. The summed E-state index contributed by atoms with van der Waals surface area (Å²) >= 11 is 0. The molecule has 1 aliphatic carbocycles. The number of likely N-dealkylation sites (tertiary alicyclic amines) is 1. The molecule has 1 aromatic carbocycles. The lowest BCUT2D eigenvalue weighted by Crippen LogP contribution is -2.38. The second-order valence-electron chi connectivity index (χ2n) is 10.1. The second-order valence-corrected chi connectivity index (χ2v) is 10.1. The Morgan fingerprint density at radius 1 is 1.19 bits per heavy atom. The van der Waals surface area contributed by atoms with Crippen molar-refractivity contribution in [3.63, 3.8) is 0 Å². The number of amides is 1. The van der Waals surface area contributed by atoms with Gasteiger partial charge in [0.2, 0.25) is 5.67 Å². The van der Waals surface area contributed by atoms with Crippen molar-refractivity contribution in [3.05, 3.63) is 78.1 Å². The molecule has 0 radical (unpaired) electrons. The number of piperidine rings is 1. The molecule has 2 atom stereocenters. The van der Waals surface area contributed by atoms with Crippen molar-refractivity contribution in [3.8, 4) is 0 Å². The summed E-state index contributed by atoms with van der Waals surface area (Å²) in [5.41, 5.74) is 7.58. The van der Waals surface area contributed by atoms with Gasteiger partial charge in [-0.15, -0.1) is 0 Å². The molecule has 0 spiro atoms. The topological polar surface area (TPSA) is 84.1 Å². The number of carbonyl (C=O) groups excluding carboxylic acids is 1. The number of fused-ring (bicyclic) bond motifs is 1. The SMILES string of the molecule is CC(c1ccc2cnc(Nc3ccc(C4=CC=CC(F)(C(N)=O)C4)cc3)cc2n1)C1CCN(C)CC1. The fourth-order valence-corrected chi connectivity index (χ4v) is 5.12. The number of carbonyl (C=O) groups is 1. The van der Waals surface area contributed by atoms with Crippen molar-refractivity contribution in [1.82, 2.24) is 14.9 Å². The molecule has 1 saturated heterocycles. The van der Waals surface area contributed by atoms with Crippen molar-refractivity contribution < 1.29 is 9.18 Å². The highest BCUT2D eigenvalue weighted by Crippen LogP contribution is 2.34. The first-order chi connectivity index (χ1) is 17.3. The van der Waals surface area contributed by atoms with Crippen molar-refractivity contribution in [1.29, 1.82) is 0 Å². The van der Waals surface area contributed by atoms with E-state index >= 15 is 0 Å². The van der Waals surface area contributed by atoms with Gasteiger partial charge in [-0.3, -0.25) is 9.78 Å².